The van der Waals surface area contributed by atoms with Crippen molar-refractivity contribution in [2.24, 2.45) is 0 Å². The first-order chi connectivity index (χ1) is 15.6. The highest BCUT2D eigenvalue weighted by Gasteiger charge is 2.52. The van der Waals surface area contributed by atoms with E-state index in [4.69, 9.17) is 4.74 Å². The van der Waals surface area contributed by atoms with Crippen molar-refractivity contribution in [1.29, 1.82) is 0 Å². The smallest absolute Gasteiger partial charge is 0.378 e. The molecule has 33 heavy (non-hydrogen) atoms. The third kappa shape index (κ3) is 4.79. The highest BCUT2D eigenvalue weighted by Crippen LogP contribution is 2.39. The maximum atomic E-state index is 13.3. The molecule has 176 valence electrons. The number of morpholine rings is 1. The average molecular weight is 481 g/mol. The molecule has 7 nitrogen and oxygen atoms in total. The Morgan fingerprint density at radius 3 is 2.39 bits per heavy atom. The molecule has 2 saturated heterocycles. The molecule has 0 atom stereocenters. The molecule has 0 radical (unpaired) electrons. The van der Waals surface area contributed by atoms with Gasteiger partial charge in [-0.3, -0.25) is 9.78 Å². The van der Waals surface area contributed by atoms with E-state index in [1.165, 1.54) is 29.2 Å². The fraction of sp³-hybridized carbons (Fsp3) is 0.409. The lowest BCUT2D eigenvalue weighted by Crippen LogP contribution is -2.44. The number of rotatable bonds is 5. The normalized spacial score (nSPS) is 18.9. The zero-order valence-corrected chi connectivity index (χ0v) is 18.9. The highest BCUT2D eigenvalue weighted by molar-refractivity contribution is 8.00. The number of imide groups is 1. The Kier molecular flexibility index (Phi) is 6.28. The minimum absolute atomic E-state index is 0.0200. The maximum Gasteiger partial charge on any atom is 0.446 e. The van der Waals surface area contributed by atoms with Gasteiger partial charge in [-0.15, -0.1) is 0 Å². The van der Waals surface area contributed by atoms with Crippen molar-refractivity contribution >= 4 is 35.1 Å². The molecule has 2 fully saturated rings. The van der Waals surface area contributed by atoms with Crippen molar-refractivity contribution in [3.63, 3.8) is 0 Å². The SMILES string of the molecule is CC1(C)C(=O)N(c2ccc(SC(F)(F)F)cc2)C(=O)N1Cc1ccncc1N1CCOCC1. The molecular weight excluding hydrogens is 457 g/mol. The number of amides is 3. The lowest BCUT2D eigenvalue weighted by Gasteiger charge is -2.33. The Hall–Kier alpha value is -2.79. The van der Waals surface area contributed by atoms with Gasteiger partial charge in [0.1, 0.15) is 5.54 Å². The van der Waals surface area contributed by atoms with Crippen LogP contribution in [0.2, 0.25) is 0 Å². The maximum absolute atomic E-state index is 13.3. The summed E-state index contributed by atoms with van der Waals surface area (Å²) >= 11 is -0.247. The van der Waals surface area contributed by atoms with Gasteiger partial charge in [0.15, 0.2) is 0 Å². The minimum atomic E-state index is -4.41. The van der Waals surface area contributed by atoms with Gasteiger partial charge in [-0.1, -0.05) is 0 Å². The highest BCUT2D eigenvalue weighted by atomic mass is 32.2. The average Bonchev–Trinajstić information content (AvgIpc) is 2.94. The first-order valence-electron chi connectivity index (χ1n) is 10.4. The number of carbonyl (C=O) groups excluding carboxylic acids is 2. The fourth-order valence-electron chi connectivity index (χ4n) is 3.93. The number of halogens is 3. The number of aromatic nitrogens is 1. The summed E-state index contributed by atoms with van der Waals surface area (Å²) in [4.78, 5) is 35.3. The summed E-state index contributed by atoms with van der Waals surface area (Å²) < 4.78 is 43.3. The summed E-state index contributed by atoms with van der Waals surface area (Å²) in [6.45, 7) is 6.10. The van der Waals surface area contributed by atoms with Crippen LogP contribution >= 0.6 is 11.8 Å². The number of ether oxygens (including phenoxy) is 1. The van der Waals surface area contributed by atoms with Crippen LogP contribution in [0.1, 0.15) is 19.4 Å². The molecule has 3 amide bonds. The summed E-state index contributed by atoms with van der Waals surface area (Å²) in [6.07, 6.45) is 3.38. The van der Waals surface area contributed by atoms with Gasteiger partial charge >= 0.3 is 11.5 Å². The van der Waals surface area contributed by atoms with Crippen LogP contribution < -0.4 is 9.80 Å². The number of alkyl halides is 3. The summed E-state index contributed by atoms with van der Waals surface area (Å²) in [5.41, 5.74) is -3.59. The van der Waals surface area contributed by atoms with Gasteiger partial charge in [-0.2, -0.15) is 13.2 Å². The standard InChI is InChI=1S/C22H23F3N4O3S/c1-21(2)19(30)29(16-3-5-17(6-4-16)33-22(23,24)25)20(31)28(21)14-15-7-8-26-13-18(15)27-9-11-32-12-10-27/h3-8,13H,9-12,14H2,1-2H3. The molecule has 0 N–H and O–H groups in total. The number of nitrogens with zero attached hydrogens (tertiary/aromatic N) is 4. The van der Waals surface area contributed by atoms with Crippen LogP contribution in [0.4, 0.5) is 29.3 Å². The summed E-state index contributed by atoms with van der Waals surface area (Å²) in [6, 6.07) is 6.52. The summed E-state index contributed by atoms with van der Waals surface area (Å²) in [7, 11) is 0. The van der Waals surface area contributed by atoms with Gasteiger partial charge in [0.2, 0.25) is 0 Å². The van der Waals surface area contributed by atoms with Crippen LogP contribution in [-0.2, 0) is 16.1 Å². The van der Waals surface area contributed by atoms with E-state index >= 15 is 0 Å². The second-order valence-electron chi connectivity index (χ2n) is 8.21. The molecule has 2 aliphatic rings. The molecule has 0 unspecified atom stereocenters. The van der Waals surface area contributed by atoms with Gasteiger partial charge in [0.25, 0.3) is 5.91 Å². The number of benzene rings is 1. The van der Waals surface area contributed by atoms with Crippen molar-refractivity contribution in [1.82, 2.24) is 9.88 Å². The Morgan fingerprint density at radius 2 is 1.76 bits per heavy atom. The van der Waals surface area contributed by atoms with Crippen molar-refractivity contribution in [3.8, 4) is 0 Å². The van der Waals surface area contributed by atoms with E-state index in [1.807, 2.05) is 6.07 Å². The van der Waals surface area contributed by atoms with E-state index in [2.05, 4.69) is 9.88 Å². The largest absolute Gasteiger partial charge is 0.446 e. The van der Waals surface area contributed by atoms with Crippen LogP contribution in [0.3, 0.4) is 0 Å². The van der Waals surface area contributed by atoms with E-state index in [0.717, 1.165) is 16.2 Å². The lowest BCUT2D eigenvalue weighted by atomic mass is 10.0. The number of carbonyl (C=O) groups is 2. The minimum Gasteiger partial charge on any atom is -0.378 e. The molecule has 11 heteroatoms. The first kappa shape index (κ1) is 23.4. The predicted octanol–water partition coefficient (Wildman–Crippen LogP) is 4.28. The second kappa shape index (κ2) is 8.86. The van der Waals surface area contributed by atoms with Crippen LogP contribution in [0.25, 0.3) is 0 Å². The number of thioether (sulfide) groups is 1. The fourth-order valence-corrected chi connectivity index (χ4v) is 4.47. The Balaban J connectivity index is 1.59. The molecule has 4 rings (SSSR count). The third-order valence-corrected chi connectivity index (χ3v) is 6.46. The van der Waals surface area contributed by atoms with Gasteiger partial charge in [0.05, 0.1) is 37.3 Å². The molecule has 2 aromatic rings. The number of hydrogen-bond donors (Lipinski definition) is 0. The third-order valence-electron chi connectivity index (χ3n) is 5.72. The Labute approximate surface area is 193 Å². The van der Waals surface area contributed by atoms with Crippen molar-refractivity contribution < 1.29 is 27.5 Å². The summed E-state index contributed by atoms with van der Waals surface area (Å²) in [5, 5.41) is 0. The van der Waals surface area contributed by atoms with E-state index < -0.39 is 23.0 Å². The Morgan fingerprint density at radius 1 is 1.09 bits per heavy atom. The zero-order valence-electron chi connectivity index (χ0n) is 18.1. The monoisotopic (exact) mass is 480 g/mol. The second-order valence-corrected chi connectivity index (χ2v) is 9.35. The van der Waals surface area contributed by atoms with Gasteiger partial charge < -0.3 is 14.5 Å². The lowest BCUT2D eigenvalue weighted by molar-refractivity contribution is -0.123. The van der Waals surface area contributed by atoms with Gasteiger partial charge in [-0.25, -0.2) is 9.69 Å². The van der Waals surface area contributed by atoms with Gasteiger partial charge in [0, 0.05) is 24.2 Å². The van der Waals surface area contributed by atoms with E-state index in [0.29, 0.717) is 26.3 Å². The quantitative estimate of drug-likeness (QED) is 0.470. The molecule has 2 aliphatic heterocycles. The molecule has 1 aromatic heterocycles. The molecule has 0 saturated carbocycles. The number of hydrogen-bond acceptors (Lipinski definition) is 6. The number of pyridine rings is 1. The van der Waals surface area contributed by atoms with Crippen molar-refractivity contribution in [3.05, 3.63) is 48.3 Å². The molecular formula is C22H23F3N4O3S. The van der Waals surface area contributed by atoms with Crippen molar-refractivity contribution in [2.75, 3.05) is 36.1 Å². The topological polar surface area (TPSA) is 66.0 Å². The molecule has 0 bridgehead atoms. The number of anilines is 2. The molecule has 3 heterocycles. The first-order valence-corrected chi connectivity index (χ1v) is 11.2. The van der Waals surface area contributed by atoms with Crippen LogP contribution in [0.15, 0.2) is 47.6 Å². The molecule has 1 aromatic carbocycles. The van der Waals surface area contributed by atoms with E-state index in [-0.39, 0.29) is 28.9 Å². The van der Waals surface area contributed by atoms with E-state index in [9.17, 15) is 22.8 Å². The van der Waals surface area contributed by atoms with Crippen molar-refractivity contribution in [2.45, 2.75) is 36.3 Å². The Bertz CT molecular complexity index is 1040. The zero-order chi connectivity index (χ0) is 23.8. The summed E-state index contributed by atoms with van der Waals surface area (Å²) in [5.74, 6) is -0.439. The van der Waals surface area contributed by atoms with E-state index in [1.54, 1.807) is 26.2 Å². The molecule has 0 aliphatic carbocycles. The number of urea groups is 1. The molecule has 0 spiro atoms. The van der Waals surface area contributed by atoms with Crippen LogP contribution in [0.5, 0.6) is 0 Å². The van der Waals surface area contributed by atoms with Crippen LogP contribution in [0, 0.1) is 0 Å². The predicted molar refractivity (Wildman–Crippen MR) is 118 cm³/mol. The van der Waals surface area contributed by atoms with Crippen LogP contribution in [-0.4, -0.2) is 59.2 Å². The van der Waals surface area contributed by atoms with Gasteiger partial charge in [-0.05, 0) is 61.5 Å².